The number of benzene rings is 1. The van der Waals surface area contributed by atoms with Gasteiger partial charge in [0.05, 0.1) is 17.9 Å². The summed E-state index contributed by atoms with van der Waals surface area (Å²) < 4.78 is 21.5. The van der Waals surface area contributed by atoms with E-state index in [9.17, 15) is 0 Å². The number of thiophene rings is 1. The van der Waals surface area contributed by atoms with Crippen molar-refractivity contribution in [2.75, 3.05) is 6.61 Å². The van der Waals surface area contributed by atoms with Gasteiger partial charge in [-0.25, -0.2) is 4.68 Å². The van der Waals surface area contributed by atoms with Crippen molar-refractivity contribution >= 4 is 34.0 Å². The molecule has 4 heterocycles. The third-order valence-electron chi connectivity index (χ3n) is 6.17. The van der Waals surface area contributed by atoms with Gasteiger partial charge in [-0.1, -0.05) is 12.1 Å². The summed E-state index contributed by atoms with van der Waals surface area (Å²) in [5.74, 6) is 0. The van der Waals surface area contributed by atoms with E-state index < -0.39 is 0 Å². The summed E-state index contributed by atoms with van der Waals surface area (Å²) in [7, 11) is -0.326. The van der Waals surface area contributed by atoms with Crippen molar-refractivity contribution in [2.24, 2.45) is 0 Å². The Morgan fingerprint density at radius 2 is 2.14 bits per heavy atom. The number of rotatable bonds is 3. The standard InChI is InChI=1S/C22H27BN2O3S/c1-14-11-18-17(16-12-24-25(13-16)20-7-5-6-10-26-20)8-9-19(21(18)29-14)23-27-15(2)22(3,4)28-23/h8-9,11-13,15,20H,5-7,10H2,1-4H3. The smallest absolute Gasteiger partial charge is 0.402 e. The molecule has 2 atom stereocenters. The number of fused-ring (bicyclic) bond motifs is 1. The van der Waals surface area contributed by atoms with E-state index in [2.05, 4.69) is 57.2 Å². The van der Waals surface area contributed by atoms with Gasteiger partial charge in [0.25, 0.3) is 0 Å². The molecule has 0 radical (unpaired) electrons. The molecule has 0 spiro atoms. The minimum atomic E-state index is -0.326. The maximum Gasteiger partial charge on any atom is 0.496 e. The largest absolute Gasteiger partial charge is 0.496 e. The Kier molecular flexibility index (Phi) is 4.82. The molecule has 0 amide bonds. The monoisotopic (exact) mass is 410 g/mol. The van der Waals surface area contributed by atoms with Gasteiger partial charge in [-0.2, -0.15) is 5.10 Å². The van der Waals surface area contributed by atoms with E-state index in [-0.39, 0.29) is 25.1 Å². The fraction of sp³-hybridized carbons (Fsp3) is 0.500. The van der Waals surface area contributed by atoms with Crippen LogP contribution >= 0.6 is 11.3 Å². The second-order valence-corrected chi connectivity index (χ2v) is 9.92. The first-order chi connectivity index (χ1) is 13.9. The number of hydrogen-bond acceptors (Lipinski definition) is 5. The molecule has 29 heavy (non-hydrogen) atoms. The van der Waals surface area contributed by atoms with E-state index in [0.717, 1.165) is 30.5 Å². The molecule has 2 aliphatic rings. The highest BCUT2D eigenvalue weighted by atomic mass is 32.1. The van der Waals surface area contributed by atoms with Crippen LogP contribution in [0.4, 0.5) is 0 Å². The third kappa shape index (κ3) is 3.44. The summed E-state index contributed by atoms with van der Waals surface area (Å²) in [5.41, 5.74) is 3.14. The zero-order valence-corrected chi connectivity index (χ0v) is 18.3. The normalized spacial score (nSPS) is 24.5. The topological polar surface area (TPSA) is 45.5 Å². The van der Waals surface area contributed by atoms with Crippen molar-refractivity contribution in [1.29, 1.82) is 0 Å². The van der Waals surface area contributed by atoms with Gasteiger partial charge in [-0.15, -0.1) is 11.3 Å². The molecule has 2 saturated heterocycles. The Balaban J connectivity index is 1.53. The second kappa shape index (κ2) is 7.24. The lowest BCUT2D eigenvalue weighted by Crippen LogP contribution is -2.34. The van der Waals surface area contributed by atoms with Gasteiger partial charge in [0.1, 0.15) is 6.23 Å². The van der Waals surface area contributed by atoms with Crippen LogP contribution in [0.3, 0.4) is 0 Å². The maximum atomic E-state index is 6.24. The van der Waals surface area contributed by atoms with Crippen LogP contribution in [0, 0.1) is 6.92 Å². The number of aromatic nitrogens is 2. The average Bonchev–Trinajstić information content (AvgIpc) is 3.39. The lowest BCUT2D eigenvalue weighted by molar-refractivity contribution is -0.0394. The van der Waals surface area contributed by atoms with Crippen LogP contribution in [0.2, 0.25) is 0 Å². The van der Waals surface area contributed by atoms with Crippen molar-refractivity contribution in [3.8, 4) is 11.1 Å². The van der Waals surface area contributed by atoms with Crippen LogP contribution in [0.5, 0.6) is 0 Å². The lowest BCUT2D eigenvalue weighted by Gasteiger charge is -2.22. The number of ether oxygens (including phenoxy) is 1. The van der Waals surface area contributed by atoms with Gasteiger partial charge in [-0.3, -0.25) is 0 Å². The van der Waals surface area contributed by atoms with Crippen LogP contribution in [0.1, 0.15) is 51.1 Å². The minimum Gasteiger partial charge on any atom is -0.402 e. The van der Waals surface area contributed by atoms with Crippen LogP contribution < -0.4 is 5.46 Å². The number of aryl methyl sites for hydroxylation is 1. The van der Waals surface area contributed by atoms with Crippen molar-refractivity contribution in [1.82, 2.24) is 9.78 Å². The quantitative estimate of drug-likeness (QED) is 0.588. The van der Waals surface area contributed by atoms with Gasteiger partial charge in [0.2, 0.25) is 0 Å². The maximum absolute atomic E-state index is 6.24. The SMILES string of the molecule is Cc1cc2c(-c3cnn(C4CCCCO4)c3)ccc(B3OC(C)C(C)(C)O3)c2s1. The average molecular weight is 410 g/mol. The van der Waals surface area contributed by atoms with E-state index in [1.54, 1.807) is 11.3 Å². The van der Waals surface area contributed by atoms with E-state index in [1.165, 1.54) is 26.9 Å². The van der Waals surface area contributed by atoms with Crippen molar-refractivity contribution < 1.29 is 14.0 Å². The summed E-state index contributed by atoms with van der Waals surface area (Å²) in [6.07, 6.45) is 7.54. The summed E-state index contributed by atoms with van der Waals surface area (Å²) in [6.45, 7) is 9.22. The van der Waals surface area contributed by atoms with Crippen LogP contribution in [-0.4, -0.2) is 35.2 Å². The lowest BCUT2D eigenvalue weighted by atomic mass is 9.78. The van der Waals surface area contributed by atoms with Crippen LogP contribution in [0.15, 0.2) is 30.6 Å². The Morgan fingerprint density at radius 1 is 1.28 bits per heavy atom. The Bertz CT molecular complexity index is 1040. The van der Waals surface area contributed by atoms with Gasteiger partial charge >= 0.3 is 7.12 Å². The molecule has 5 rings (SSSR count). The fourth-order valence-electron chi connectivity index (χ4n) is 4.16. The molecule has 1 aromatic carbocycles. The highest BCUT2D eigenvalue weighted by Gasteiger charge is 2.44. The molecule has 2 aliphatic heterocycles. The summed E-state index contributed by atoms with van der Waals surface area (Å²) >= 11 is 1.80. The molecule has 2 unspecified atom stereocenters. The first kappa shape index (κ1) is 19.3. The van der Waals surface area contributed by atoms with E-state index in [1.807, 2.05) is 10.9 Å². The summed E-state index contributed by atoms with van der Waals surface area (Å²) in [5, 5.41) is 5.84. The van der Waals surface area contributed by atoms with Crippen LogP contribution in [0.25, 0.3) is 21.2 Å². The van der Waals surface area contributed by atoms with Gasteiger partial charge in [-0.05, 0) is 58.6 Å². The molecule has 152 valence electrons. The predicted molar refractivity (Wildman–Crippen MR) is 118 cm³/mol. The first-order valence-electron chi connectivity index (χ1n) is 10.4. The highest BCUT2D eigenvalue weighted by molar-refractivity contribution is 7.20. The minimum absolute atomic E-state index is 0.0528. The number of nitrogens with zero attached hydrogens (tertiary/aromatic N) is 2. The molecule has 3 aromatic rings. The van der Waals surface area contributed by atoms with Crippen molar-refractivity contribution in [3.63, 3.8) is 0 Å². The van der Waals surface area contributed by atoms with Crippen molar-refractivity contribution in [3.05, 3.63) is 35.5 Å². The molecule has 5 nitrogen and oxygen atoms in total. The van der Waals surface area contributed by atoms with Gasteiger partial charge in [0.15, 0.2) is 0 Å². The molecule has 0 saturated carbocycles. The molecule has 7 heteroatoms. The summed E-state index contributed by atoms with van der Waals surface area (Å²) in [6, 6.07) is 6.59. The molecular formula is C22H27BN2O3S. The predicted octanol–water partition coefficient (Wildman–Crippen LogP) is 4.68. The molecule has 2 fully saturated rings. The highest BCUT2D eigenvalue weighted by Crippen LogP contribution is 2.36. The van der Waals surface area contributed by atoms with E-state index in [0.29, 0.717) is 0 Å². The first-order valence-corrected chi connectivity index (χ1v) is 11.3. The molecular weight excluding hydrogens is 383 g/mol. The van der Waals surface area contributed by atoms with E-state index >= 15 is 0 Å². The van der Waals surface area contributed by atoms with Crippen molar-refractivity contribution in [2.45, 2.75) is 64.9 Å². The third-order valence-corrected chi connectivity index (χ3v) is 7.27. The summed E-state index contributed by atoms with van der Waals surface area (Å²) in [4.78, 5) is 1.28. The van der Waals surface area contributed by atoms with Crippen LogP contribution in [-0.2, 0) is 14.0 Å². The zero-order chi connectivity index (χ0) is 20.2. The second-order valence-electron chi connectivity index (χ2n) is 8.66. The fourth-order valence-corrected chi connectivity index (χ4v) is 5.22. The Labute approximate surface area is 176 Å². The number of hydrogen-bond donors (Lipinski definition) is 0. The molecule has 0 bridgehead atoms. The van der Waals surface area contributed by atoms with Gasteiger partial charge in [0, 0.05) is 38.8 Å². The zero-order valence-electron chi connectivity index (χ0n) is 17.5. The van der Waals surface area contributed by atoms with Gasteiger partial charge < -0.3 is 14.0 Å². The molecule has 0 aliphatic carbocycles. The Hall–Kier alpha value is -1.67. The molecule has 2 aromatic heterocycles. The van der Waals surface area contributed by atoms with E-state index in [4.69, 9.17) is 14.0 Å². The Morgan fingerprint density at radius 3 is 2.86 bits per heavy atom. The molecule has 0 N–H and O–H groups in total.